The number of nitrogens with zero attached hydrogens (tertiary/aromatic N) is 3. The summed E-state index contributed by atoms with van der Waals surface area (Å²) in [5, 5.41) is 4.25. The highest BCUT2D eigenvalue weighted by molar-refractivity contribution is 8.00. The third kappa shape index (κ3) is 2.96. The average molecular weight is 273 g/mol. The molecule has 1 N–H and O–H groups in total. The Kier molecular flexibility index (Phi) is 4.34. The van der Waals surface area contributed by atoms with Gasteiger partial charge in [0.05, 0.1) is 6.20 Å². The Bertz CT molecular complexity index is 388. The van der Waals surface area contributed by atoms with Crippen LogP contribution in [0.1, 0.15) is 13.3 Å². The highest BCUT2D eigenvalue weighted by Gasteiger charge is 2.22. The smallest absolute Gasteiger partial charge is 0.224 e. The minimum Gasteiger partial charge on any atom is -0.357 e. The molecule has 2 rings (SSSR count). The first-order valence-electron chi connectivity index (χ1n) is 5.81. The molecule has 1 aliphatic heterocycles. The maximum Gasteiger partial charge on any atom is 0.224 e. The van der Waals surface area contributed by atoms with Crippen molar-refractivity contribution in [1.29, 1.82) is 0 Å². The van der Waals surface area contributed by atoms with Crippen molar-refractivity contribution < 1.29 is 0 Å². The van der Waals surface area contributed by atoms with E-state index in [9.17, 15) is 0 Å². The van der Waals surface area contributed by atoms with Crippen molar-refractivity contribution in [3.63, 3.8) is 0 Å². The summed E-state index contributed by atoms with van der Waals surface area (Å²) in [4.78, 5) is 10.8. The lowest BCUT2D eigenvalue weighted by molar-refractivity contribution is 0.719. The number of anilines is 2. The van der Waals surface area contributed by atoms with Gasteiger partial charge in [0, 0.05) is 31.1 Å². The summed E-state index contributed by atoms with van der Waals surface area (Å²) in [7, 11) is 1.81. The summed E-state index contributed by atoms with van der Waals surface area (Å²) in [5.41, 5.74) is 0. The number of rotatable bonds is 3. The van der Waals surface area contributed by atoms with Crippen LogP contribution in [0.5, 0.6) is 0 Å². The number of aromatic nitrogens is 2. The molecule has 0 spiro atoms. The zero-order valence-electron chi connectivity index (χ0n) is 10.1. The second-order valence-corrected chi connectivity index (χ2v) is 5.78. The molecule has 1 aromatic rings. The molecule has 0 aromatic carbocycles. The van der Waals surface area contributed by atoms with Gasteiger partial charge in [0.25, 0.3) is 0 Å². The molecule has 0 bridgehead atoms. The monoisotopic (exact) mass is 272 g/mol. The SMILES string of the molecule is CCC1CN(c2nc(NC)ncc2Cl)CCS1. The Balaban J connectivity index is 2.20. The molecule has 4 nitrogen and oxygen atoms in total. The largest absolute Gasteiger partial charge is 0.357 e. The lowest BCUT2D eigenvalue weighted by Crippen LogP contribution is -2.38. The summed E-state index contributed by atoms with van der Waals surface area (Å²) in [6.07, 6.45) is 2.85. The number of hydrogen-bond donors (Lipinski definition) is 1. The van der Waals surface area contributed by atoms with Crippen LogP contribution in [0.15, 0.2) is 6.20 Å². The molecule has 1 aliphatic rings. The van der Waals surface area contributed by atoms with E-state index >= 15 is 0 Å². The van der Waals surface area contributed by atoms with E-state index in [-0.39, 0.29) is 0 Å². The van der Waals surface area contributed by atoms with Crippen LogP contribution in [0.3, 0.4) is 0 Å². The van der Waals surface area contributed by atoms with Crippen LogP contribution in [0, 0.1) is 0 Å². The van der Waals surface area contributed by atoms with Crippen molar-refractivity contribution in [2.45, 2.75) is 18.6 Å². The number of hydrogen-bond acceptors (Lipinski definition) is 5. The molecular formula is C11H17ClN4S. The van der Waals surface area contributed by atoms with Crippen LogP contribution in [-0.4, -0.2) is 41.1 Å². The molecule has 0 radical (unpaired) electrons. The molecule has 17 heavy (non-hydrogen) atoms. The fourth-order valence-corrected chi connectivity index (χ4v) is 3.25. The van der Waals surface area contributed by atoms with Gasteiger partial charge in [-0.15, -0.1) is 0 Å². The Labute approximate surface area is 111 Å². The molecule has 1 atom stereocenters. The molecule has 1 fully saturated rings. The standard InChI is InChI=1S/C11H17ClN4S/c1-3-8-7-16(4-5-17-8)10-9(12)6-14-11(13-2)15-10/h6,8H,3-5,7H2,1-2H3,(H,13,14,15). The molecule has 1 unspecified atom stereocenters. The predicted molar refractivity (Wildman–Crippen MR) is 75.3 cm³/mol. The molecule has 1 saturated heterocycles. The van der Waals surface area contributed by atoms with Gasteiger partial charge in [-0.05, 0) is 6.42 Å². The summed E-state index contributed by atoms with van der Waals surface area (Å²) in [5.74, 6) is 2.61. The molecule has 1 aromatic heterocycles. The molecular weight excluding hydrogens is 256 g/mol. The van der Waals surface area contributed by atoms with E-state index in [1.807, 2.05) is 18.8 Å². The molecule has 2 heterocycles. The van der Waals surface area contributed by atoms with Gasteiger partial charge in [-0.3, -0.25) is 0 Å². The number of nitrogens with one attached hydrogen (secondary N) is 1. The first-order chi connectivity index (χ1) is 8.24. The van der Waals surface area contributed by atoms with Crippen LogP contribution in [0.25, 0.3) is 0 Å². The van der Waals surface area contributed by atoms with Crippen molar-refractivity contribution in [3.8, 4) is 0 Å². The van der Waals surface area contributed by atoms with Crippen molar-refractivity contribution >= 4 is 35.1 Å². The zero-order valence-corrected chi connectivity index (χ0v) is 11.7. The van der Waals surface area contributed by atoms with Crippen molar-refractivity contribution in [1.82, 2.24) is 9.97 Å². The Morgan fingerprint density at radius 1 is 1.65 bits per heavy atom. The third-order valence-corrected chi connectivity index (χ3v) is 4.48. The van der Waals surface area contributed by atoms with Gasteiger partial charge >= 0.3 is 0 Å². The lowest BCUT2D eigenvalue weighted by Gasteiger charge is -2.33. The molecule has 0 amide bonds. The topological polar surface area (TPSA) is 41.1 Å². The maximum absolute atomic E-state index is 6.18. The van der Waals surface area contributed by atoms with Gasteiger partial charge in [0.1, 0.15) is 5.02 Å². The van der Waals surface area contributed by atoms with Crippen LogP contribution in [0.4, 0.5) is 11.8 Å². The first kappa shape index (κ1) is 12.8. The predicted octanol–water partition coefficient (Wildman–Crippen LogP) is 2.50. The third-order valence-electron chi connectivity index (χ3n) is 2.84. The second kappa shape index (κ2) is 5.78. The van der Waals surface area contributed by atoms with Crippen molar-refractivity contribution in [3.05, 3.63) is 11.2 Å². The number of thioether (sulfide) groups is 1. The van der Waals surface area contributed by atoms with Crippen LogP contribution in [0.2, 0.25) is 5.02 Å². The maximum atomic E-state index is 6.18. The van der Waals surface area contributed by atoms with Crippen molar-refractivity contribution in [2.24, 2.45) is 0 Å². The van der Waals surface area contributed by atoms with Crippen molar-refractivity contribution in [2.75, 3.05) is 36.1 Å². The summed E-state index contributed by atoms with van der Waals surface area (Å²) in [6.45, 7) is 4.24. The minimum atomic E-state index is 0.621. The van der Waals surface area contributed by atoms with E-state index < -0.39 is 0 Å². The fraction of sp³-hybridized carbons (Fsp3) is 0.636. The highest BCUT2D eigenvalue weighted by atomic mass is 35.5. The molecule has 6 heteroatoms. The normalized spacial score (nSPS) is 20.4. The summed E-state index contributed by atoms with van der Waals surface area (Å²) in [6, 6.07) is 0. The van der Waals surface area contributed by atoms with Gasteiger partial charge in [-0.1, -0.05) is 18.5 Å². The van der Waals surface area contributed by atoms with E-state index in [1.165, 1.54) is 6.42 Å². The molecule has 0 saturated carbocycles. The average Bonchev–Trinajstić information content (AvgIpc) is 2.39. The van der Waals surface area contributed by atoms with E-state index in [0.717, 1.165) is 24.7 Å². The van der Waals surface area contributed by atoms with E-state index in [2.05, 4.69) is 27.1 Å². The van der Waals surface area contributed by atoms with E-state index in [4.69, 9.17) is 11.6 Å². The second-order valence-electron chi connectivity index (χ2n) is 3.96. The Hall–Kier alpha value is -0.680. The van der Waals surface area contributed by atoms with Gasteiger partial charge in [0.15, 0.2) is 5.82 Å². The first-order valence-corrected chi connectivity index (χ1v) is 7.24. The quantitative estimate of drug-likeness (QED) is 0.916. The Morgan fingerprint density at radius 2 is 2.47 bits per heavy atom. The van der Waals surface area contributed by atoms with Crippen LogP contribution >= 0.6 is 23.4 Å². The molecule has 0 aliphatic carbocycles. The molecule has 94 valence electrons. The van der Waals surface area contributed by atoms with Gasteiger partial charge in [-0.25, -0.2) is 4.98 Å². The highest BCUT2D eigenvalue weighted by Crippen LogP contribution is 2.29. The van der Waals surface area contributed by atoms with Crippen LogP contribution in [-0.2, 0) is 0 Å². The van der Waals surface area contributed by atoms with Crippen LogP contribution < -0.4 is 10.2 Å². The van der Waals surface area contributed by atoms with E-state index in [0.29, 0.717) is 16.2 Å². The zero-order chi connectivity index (χ0) is 12.3. The fourth-order valence-electron chi connectivity index (χ4n) is 1.86. The summed E-state index contributed by atoms with van der Waals surface area (Å²) < 4.78 is 0. The van der Waals surface area contributed by atoms with E-state index in [1.54, 1.807) is 6.20 Å². The minimum absolute atomic E-state index is 0.621. The van der Waals surface area contributed by atoms with Gasteiger partial charge in [0.2, 0.25) is 5.95 Å². The van der Waals surface area contributed by atoms with Gasteiger partial charge in [-0.2, -0.15) is 16.7 Å². The Morgan fingerprint density at radius 3 is 3.18 bits per heavy atom. The van der Waals surface area contributed by atoms with Gasteiger partial charge < -0.3 is 10.2 Å². The lowest BCUT2D eigenvalue weighted by atomic mass is 10.3. The summed E-state index contributed by atoms with van der Waals surface area (Å²) >= 11 is 8.21. The number of halogens is 1.